The van der Waals surface area contributed by atoms with Crippen LogP contribution in [0.25, 0.3) is 0 Å². The van der Waals surface area contributed by atoms with Crippen LogP contribution in [0.5, 0.6) is 0 Å². The van der Waals surface area contributed by atoms with Gasteiger partial charge in [0, 0.05) is 6.21 Å². The standard InChI is InChI=1S/C15H13NO2/c17-15(18)14-8-6-13(7-9-14)11-16-10-12-4-2-1-3-5-12/h1-9,11H,10H2,(H,17,18). The van der Waals surface area contributed by atoms with Crippen molar-refractivity contribution in [2.75, 3.05) is 0 Å². The first-order chi connectivity index (χ1) is 8.75. The normalized spacial score (nSPS) is 10.7. The highest BCUT2D eigenvalue weighted by Crippen LogP contribution is 2.04. The summed E-state index contributed by atoms with van der Waals surface area (Å²) in [5.74, 6) is -0.914. The van der Waals surface area contributed by atoms with Gasteiger partial charge in [-0.25, -0.2) is 4.79 Å². The van der Waals surface area contributed by atoms with Gasteiger partial charge in [-0.2, -0.15) is 0 Å². The van der Waals surface area contributed by atoms with Crippen molar-refractivity contribution in [3.63, 3.8) is 0 Å². The molecule has 0 bridgehead atoms. The highest BCUT2D eigenvalue weighted by molar-refractivity contribution is 5.89. The van der Waals surface area contributed by atoms with E-state index in [-0.39, 0.29) is 5.56 Å². The summed E-state index contributed by atoms with van der Waals surface area (Å²) < 4.78 is 0. The van der Waals surface area contributed by atoms with Crippen molar-refractivity contribution in [1.29, 1.82) is 0 Å². The van der Waals surface area contributed by atoms with Crippen LogP contribution in [-0.4, -0.2) is 17.3 Å². The molecule has 0 aliphatic heterocycles. The second-order valence-corrected chi connectivity index (χ2v) is 3.88. The monoisotopic (exact) mass is 239 g/mol. The number of aromatic carboxylic acids is 1. The minimum atomic E-state index is -0.914. The van der Waals surface area contributed by atoms with Crippen molar-refractivity contribution >= 4 is 12.2 Å². The second kappa shape index (κ2) is 5.77. The summed E-state index contributed by atoms with van der Waals surface area (Å²) in [5.41, 5.74) is 2.34. The van der Waals surface area contributed by atoms with Crippen molar-refractivity contribution in [3.8, 4) is 0 Å². The lowest BCUT2D eigenvalue weighted by Gasteiger charge is -1.97. The number of carbonyl (C=O) groups is 1. The predicted molar refractivity (Wildman–Crippen MR) is 71.1 cm³/mol. The van der Waals surface area contributed by atoms with E-state index in [1.807, 2.05) is 30.3 Å². The van der Waals surface area contributed by atoms with Gasteiger partial charge >= 0.3 is 5.97 Å². The van der Waals surface area contributed by atoms with Gasteiger partial charge in [-0.05, 0) is 23.3 Å². The molecule has 0 amide bonds. The van der Waals surface area contributed by atoms with Crippen LogP contribution < -0.4 is 0 Å². The molecule has 3 nitrogen and oxygen atoms in total. The van der Waals surface area contributed by atoms with Crippen LogP contribution in [0.2, 0.25) is 0 Å². The molecule has 0 fully saturated rings. The topological polar surface area (TPSA) is 49.7 Å². The smallest absolute Gasteiger partial charge is 0.335 e. The second-order valence-electron chi connectivity index (χ2n) is 3.88. The third-order valence-electron chi connectivity index (χ3n) is 2.51. The van der Waals surface area contributed by atoms with E-state index in [0.29, 0.717) is 6.54 Å². The Morgan fingerprint density at radius 2 is 1.72 bits per heavy atom. The molecule has 0 saturated carbocycles. The maximum Gasteiger partial charge on any atom is 0.335 e. The van der Waals surface area contributed by atoms with Gasteiger partial charge in [0.05, 0.1) is 12.1 Å². The SMILES string of the molecule is O=C(O)c1ccc(C=NCc2ccccc2)cc1. The molecule has 0 atom stereocenters. The number of benzene rings is 2. The fourth-order valence-corrected chi connectivity index (χ4v) is 1.55. The summed E-state index contributed by atoms with van der Waals surface area (Å²) in [4.78, 5) is 15.0. The predicted octanol–water partition coefficient (Wildman–Crippen LogP) is 3.00. The Hall–Kier alpha value is -2.42. The molecule has 0 aliphatic carbocycles. The molecule has 2 aromatic carbocycles. The number of hydrogen-bond donors (Lipinski definition) is 1. The molecule has 0 spiro atoms. The summed E-state index contributed by atoms with van der Waals surface area (Å²) >= 11 is 0. The third-order valence-corrected chi connectivity index (χ3v) is 2.51. The van der Waals surface area contributed by atoms with Crippen molar-refractivity contribution in [2.24, 2.45) is 4.99 Å². The zero-order chi connectivity index (χ0) is 12.8. The van der Waals surface area contributed by atoms with Crippen LogP contribution in [0.1, 0.15) is 21.5 Å². The third kappa shape index (κ3) is 3.28. The first-order valence-electron chi connectivity index (χ1n) is 5.63. The Morgan fingerprint density at radius 3 is 2.33 bits per heavy atom. The molecule has 0 aromatic heterocycles. The molecule has 0 aliphatic rings. The van der Waals surface area contributed by atoms with E-state index >= 15 is 0 Å². The van der Waals surface area contributed by atoms with Gasteiger partial charge in [-0.15, -0.1) is 0 Å². The highest BCUT2D eigenvalue weighted by atomic mass is 16.4. The molecule has 90 valence electrons. The Bertz CT molecular complexity index is 544. The van der Waals surface area contributed by atoms with Crippen LogP contribution in [0.15, 0.2) is 59.6 Å². The van der Waals surface area contributed by atoms with E-state index in [0.717, 1.165) is 11.1 Å². The van der Waals surface area contributed by atoms with E-state index in [1.165, 1.54) is 0 Å². The van der Waals surface area contributed by atoms with Crippen molar-refractivity contribution in [1.82, 2.24) is 0 Å². The summed E-state index contributed by atoms with van der Waals surface area (Å²) in [6.45, 7) is 0.627. The average molecular weight is 239 g/mol. The minimum absolute atomic E-state index is 0.287. The fraction of sp³-hybridized carbons (Fsp3) is 0.0667. The summed E-state index contributed by atoms with van der Waals surface area (Å²) in [7, 11) is 0. The minimum Gasteiger partial charge on any atom is -0.478 e. The Labute approximate surface area is 105 Å². The van der Waals surface area contributed by atoms with Gasteiger partial charge < -0.3 is 5.11 Å². The molecule has 2 aromatic rings. The molecular weight excluding hydrogens is 226 g/mol. The molecule has 1 N–H and O–H groups in total. The molecule has 3 heteroatoms. The average Bonchev–Trinajstić information content (AvgIpc) is 2.40. The maximum absolute atomic E-state index is 10.7. The van der Waals surface area contributed by atoms with Crippen LogP contribution in [-0.2, 0) is 6.54 Å². The fourth-order valence-electron chi connectivity index (χ4n) is 1.55. The first-order valence-corrected chi connectivity index (χ1v) is 5.63. The van der Waals surface area contributed by atoms with Crippen LogP contribution in [0.4, 0.5) is 0 Å². The van der Waals surface area contributed by atoms with Crippen molar-refractivity contribution in [3.05, 3.63) is 71.3 Å². The number of aliphatic imine (C=N–C) groups is 1. The number of hydrogen-bond acceptors (Lipinski definition) is 2. The summed E-state index contributed by atoms with van der Waals surface area (Å²) in [5, 5.41) is 8.77. The van der Waals surface area contributed by atoms with Crippen molar-refractivity contribution < 1.29 is 9.90 Å². The van der Waals surface area contributed by atoms with E-state index < -0.39 is 5.97 Å². The quantitative estimate of drug-likeness (QED) is 0.834. The van der Waals surface area contributed by atoms with Crippen molar-refractivity contribution in [2.45, 2.75) is 6.54 Å². The van der Waals surface area contributed by atoms with E-state index in [4.69, 9.17) is 5.11 Å². The van der Waals surface area contributed by atoms with Gasteiger partial charge in [0.25, 0.3) is 0 Å². The molecule has 18 heavy (non-hydrogen) atoms. The van der Waals surface area contributed by atoms with E-state index in [2.05, 4.69) is 4.99 Å². The molecule has 0 saturated heterocycles. The lowest BCUT2D eigenvalue weighted by molar-refractivity contribution is 0.0697. The maximum atomic E-state index is 10.7. The van der Waals surface area contributed by atoms with E-state index in [9.17, 15) is 4.79 Å². The van der Waals surface area contributed by atoms with E-state index in [1.54, 1.807) is 30.5 Å². The molecule has 0 unspecified atom stereocenters. The largest absolute Gasteiger partial charge is 0.478 e. The lowest BCUT2D eigenvalue weighted by atomic mass is 10.1. The summed E-state index contributed by atoms with van der Waals surface area (Å²) in [6.07, 6.45) is 1.75. The molecule has 2 rings (SSSR count). The molecular formula is C15H13NO2. The Balaban J connectivity index is 1.99. The van der Waals surface area contributed by atoms with Crippen LogP contribution in [0.3, 0.4) is 0 Å². The number of carboxylic acids is 1. The number of rotatable bonds is 4. The van der Waals surface area contributed by atoms with Gasteiger partial charge in [-0.3, -0.25) is 4.99 Å². The van der Waals surface area contributed by atoms with Gasteiger partial charge in [0.1, 0.15) is 0 Å². The van der Waals surface area contributed by atoms with Gasteiger partial charge in [0.15, 0.2) is 0 Å². The Morgan fingerprint density at radius 1 is 1.06 bits per heavy atom. The lowest BCUT2D eigenvalue weighted by Crippen LogP contribution is -1.95. The number of nitrogens with zero attached hydrogens (tertiary/aromatic N) is 1. The molecule has 0 heterocycles. The zero-order valence-corrected chi connectivity index (χ0v) is 9.78. The van der Waals surface area contributed by atoms with Gasteiger partial charge in [0.2, 0.25) is 0 Å². The zero-order valence-electron chi connectivity index (χ0n) is 9.78. The highest BCUT2D eigenvalue weighted by Gasteiger charge is 1.99. The molecule has 0 radical (unpaired) electrons. The summed E-state index contributed by atoms with van der Waals surface area (Å²) in [6, 6.07) is 16.6. The Kier molecular flexibility index (Phi) is 3.86. The van der Waals surface area contributed by atoms with Crippen LogP contribution in [0, 0.1) is 0 Å². The van der Waals surface area contributed by atoms with Gasteiger partial charge in [-0.1, -0.05) is 42.5 Å². The number of carboxylic acid groups (broad SMARTS) is 1. The van der Waals surface area contributed by atoms with Crippen LogP contribution >= 0.6 is 0 Å². The first kappa shape index (κ1) is 12.0.